The van der Waals surface area contributed by atoms with Crippen molar-refractivity contribution in [1.82, 2.24) is 0 Å². The Balaban J connectivity index is 0.00000192. The highest BCUT2D eigenvalue weighted by Gasteiger charge is 2.23. The van der Waals surface area contributed by atoms with Crippen LogP contribution in [0.3, 0.4) is 0 Å². The first kappa shape index (κ1) is 17.2. The lowest BCUT2D eigenvalue weighted by Gasteiger charge is -2.30. The Labute approximate surface area is 142 Å². The second-order valence-corrected chi connectivity index (χ2v) is 5.41. The van der Waals surface area contributed by atoms with Crippen molar-refractivity contribution >= 4 is 29.7 Å². The highest BCUT2D eigenvalue weighted by Crippen LogP contribution is 2.31. The van der Waals surface area contributed by atoms with E-state index in [1.54, 1.807) is 0 Å². The minimum Gasteiger partial charge on any atom is -0.493 e. The van der Waals surface area contributed by atoms with E-state index >= 15 is 0 Å². The second-order valence-electron chi connectivity index (χ2n) is 5.41. The van der Waals surface area contributed by atoms with E-state index in [9.17, 15) is 4.79 Å². The molecule has 0 aromatic heterocycles. The zero-order valence-corrected chi connectivity index (χ0v) is 13.7. The van der Waals surface area contributed by atoms with Crippen LogP contribution in [0, 0.1) is 0 Å². The normalized spacial score (nSPS) is 13.0. The predicted molar refractivity (Wildman–Crippen MR) is 95.3 cm³/mol. The number of ether oxygens (including phenoxy) is 1. The van der Waals surface area contributed by atoms with Crippen molar-refractivity contribution in [2.24, 2.45) is 0 Å². The average molecular weight is 333 g/mol. The fourth-order valence-electron chi connectivity index (χ4n) is 2.82. The van der Waals surface area contributed by atoms with Gasteiger partial charge in [0.1, 0.15) is 5.75 Å². The van der Waals surface area contributed by atoms with Crippen molar-refractivity contribution in [3.05, 3.63) is 54.1 Å². The SMILES string of the molecule is Cl.Nc1cccc2c1CCCN2C(=O)CCOc1ccccc1. The van der Waals surface area contributed by atoms with Crippen LogP contribution in [0.25, 0.3) is 0 Å². The van der Waals surface area contributed by atoms with E-state index in [1.165, 1.54) is 0 Å². The second kappa shape index (κ2) is 7.88. The number of hydrogen-bond donors (Lipinski definition) is 1. The van der Waals surface area contributed by atoms with Gasteiger partial charge >= 0.3 is 0 Å². The molecular weight excluding hydrogens is 312 g/mol. The Bertz CT molecular complexity index is 661. The maximum Gasteiger partial charge on any atom is 0.230 e. The molecule has 0 bridgehead atoms. The standard InChI is InChI=1S/C18H20N2O2.ClH/c19-16-9-4-10-17-15(16)8-5-12-20(17)18(21)11-13-22-14-6-2-1-3-7-14;/h1-4,6-7,9-10H,5,8,11-13,19H2;1H. The minimum atomic E-state index is 0. The van der Waals surface area contributed by atoms with Crippen LogP contribution in [0.2, 0.25) is 0 Å². The van der Waals surface area contributed by atoms with E-state index in [0.29, 0.717) is 13.0 Å². The van der Waals surface area contributed by atoms with E-state index in [-0.39, 0.29) is 18.3 Å². The van der Waals surface area contributed by atoms with Crippen molar-refractivity contribution in [3.8, 4) is 5.75 Å². The van der Waals surface area contributed by atoms with E-state index < -0.39 is 0 Å². The molecule has 0 saturated heterocycles. The lowest BCUT2D eigenvalue weighted by Crippen LogP contribution is -2.36. The summed E-state index contributed by atoms with van der Waals surface area (Å²) in [5, 5.41) is 0. The first-order valence-corrected chi connectivity index (χ1v) is 7.61. The number of nitrogens with zero attached hydrogens (tertiary/aromatic N) is 1. The average Bonchev–Trinajstić information content (AvgIpc) is 2.56. The van der Waals surface area contributed by atoms with E-state index in [0.717, 1.165) is 42.1 Å². The van der Waals surface area contributed by atoms with Gasteiger partial charge in [-0.15, -0.1) is 12.4 Å². The molecule has 0 unspecified atom stereocenters. The third-order valence-corrected chi connectivity index (χ3v) is 3.92. The van der Waals surface area contributed by atoms with Gasteiger partial charge in [-0.05, 0) is 42.7 Å². The fourth-order valence-corrected chi connectivity index (χ4v) is 2.82. The Hall–Kier alpha value is -2.20. The van der Waals surface area contributed by atoms with Crippen LogP contribution in [0.4, 0.5) is 11.4 Å². The molecule has 1 amide bonds. The molecule has 0 fully saturated rings. The molecule has 2 aromatic carbocycles. The summed E-state index contributed by atoms with van der Waals surface area (Å²) >= 11 is 0. The summed E-state index contributed by atoms with van der Waals surface area (Å²) in [5.74, 6) is 0.876. The molecule has 23 heavy (non-hydrogen) atoms. The van der Waals surface area contributed by atoms with Crippen molar-refractivity contribution < 1.29 is 9.53 Å². The van der Waals surface area contributed by atoms with Crippen molar-refractivity contribution in [3.63, 3.8) is 0 Å². The minimum absolute atomic E-state index is 0. The molecule has 1 heterocycles. The van der Waals surface area contributed by atoms with Gasteiger partial charge in [-0.2, -0.15) is 0 Å². The van der Waals surface area contributed by atoms with Crippen LogP contribution in [-0.4, -0.2) is 19.1 Å². The highest BCUT2D eigenvalue weighted by atomic mass is 35.5. The van der Waals surface area contributed by atoms with E-state index in [1.807, 2.05) is 53.4 Å². The third-order valence-electron chi connectivity index (χ3n) is 3.92. The quantitative estimate of drug-likeness (QED) is 0.873. The van der Waals surface area contributed by atoms with Gasteiger partial charge in [0, 0.05) is 17.9 Å². The van der Waals surface area contributed by atoms with Gasteiger partial charge in [-0.3, -0.25) is 4.79 Å². The van der Waals surface area contributed by atoms with Gasteiger partial charge in [0.05, 0.1) is 13.0 Å². The van der Waals surface area contributed by atoms with Crippen LogP contribution >= 0.6 is 12.4 Å². The molecule has 0 aliphatic carbocycles. The van der Waals surface area contributed by atoms with Crippen LogP contribution in [0.5, 0.6) is 5.75 Å². The van der Waals surface area contributed by atoms with E-state index in [4.69, 9.17) is 10.5 Å². The predicted octanol–water partition coefficient (Wildman–Crippen LogP) is 3.44. The monoisotopic (exact) mass is 332 g/mol. The maximum absolute atomic E-state index is 12.5. The number of nitrogen functional groups attached to an aromatic ring is 1. The van der Waals surface area contributed by atoms with E-state index in [2.05, 4.69) is 0 Å². The topological polar surface area (TPSA) is 55.6 Å². The number of rotatable bonds is 4. The number of nitrogens with two attached hydrogens (primary N) is 1. The molecule has 2 aromatic rings. The summed E-state index contributed by atoms with van der Waals surface area (Å²) in [4.78, 5) is 14.3. The summed E-state index contributed by atoms with van der Waals surface area (Å²) in [7, 11) is 0. The molecule has 1 aliphatic heterocycles. The highest BCUT2D eigenvalue weighted by molar-refractivity contribution is 5.95. The first-order chi connectivity index (χ1) is 10.8. The summed E-state index contributed by atoms with van der Waals surface area (Å²) in [6.45, 7) is 1.14. The van der Waals surface area contributed by atoms with Crippen molar-refractivity contribution in [2.75, 3.05) is 23.8 Å². The largest absolute Gasteiger partial charge is 0.493 e. The Kier molecular flexibility index (Phi) is 5.88. The van der Waals surface area contributed by atoms with Gasteiger partial charge < -0.3 is 15.4 Å². The van der Waals surface area contributed by atoms with Gasteiger partial charge in [-0.25, -0.2) is 0 Å². The molecular formula is C18H21ClN2O2. The fraction of sp³-hybridized carbons (Fsp3) is 0.278. The number of carbonyl (C=O) groups is 1. The summed E-state index contributed by atoms with van der Waals surface area (Å²) in [6, 6.07) is 15.3. The van der Waals surface area contributed by atoms with Crippen LogP contribution in [-0.2, 0) is 11.2 Å². The van der Waals surface area contributed by atoms with Gasteiger partial charge in [0.2, 0.25) is 5.91 Å². The molecule has 3 rings (SSSR count). The van der Waals surface area contributed by atoms with Crippen LogP contribution in [0.15, 0.2) is 48.5 Å². The van der Waals surface area contributed by atoms with Crippen molar-refractivity contribution in [1.29, 1.82) is 0 Å². The summed E-state index contributed by atoms with van der Waals surface area (Å²) in [6.07, 6.45) is 2.25. The maximum atomic E-state index is 12.5. The molecule has 0 saturated carbocycles. The molecule has 0 radical (unpaired) electrons. The lowest BCUT2D eigenvalue weighted by molar-refractivity contribution is -0.119. The van der Waals surface area contributed by atoms with Crippen molar-refractivity contribution in [2.45, 2.75) is 19.3 Å². The Morgan fingerprint density at radius 3 is 2.70 bits per heavy atom. The third kappa shape index (κ3) is 3.96. The first-order valence-electron chi connectivity index (χ1n) is 7.61. The Morgan fingerprint density at radius 1 is 1.13 bits per heavy atom. The zero-order valence-electron chi connectivity index (χ0n) is 12.9. The number of halogens is 1. The van der Waals surface area contributed by atoms with Gasteiger partial charge in [0.25, 0.3) is 0 Å². The molecule has 0 spiro atoms. The molecule has 2 N–H and O–H groups in total. The number of hydrogen-bond acceptors (Lipinski definition) is 3. The molecule has 0 atom stereocenters. The lowest BCUT2D eigenvalue weighted by atomic mass is 9.99. The number of carbonyl (C=O) groups excluding carboxylic acids is 1. The summed E-state index contributed by atoms with van der Waals surface area (Å²) in [5.41, 5.74) is 8.83. The zero-order chi connectivity index (χ0) is 15.4. The Morgan fingerprint density at radius 2 is 1.91 bits per heavy atom. The van der Waals surface area contributed by atoms with Crippen LogP contribution < -0.4 is 15.4 Å². The molecule has 4 nitrogen and oxygen atoms in total. The summed E-state index contributed by atoms with van der Waals surface area (Å²) < 4.78 is 5.61. The number of anilines is 2. The van der Waals surface area contributed by atoms with Gasteiger partial charge in [0.15, 0.2) is 0 Å². The van der Waals surface area contributed by atoms with Crippen LogP contribution in [0.1, 0.15) is 18.4 Å². The smallest absolute Gasteiger partial charge is 0.230 e. The van der Waals surface area contributed by atoms with Gasteiger partial charge in [-0.1, -0.05) is 24.3 Å². The number of fused-ring (bicyclic) bond motifs is 1. The number of benzene rings is 2. The molecule has 5 heteroatoms. The molecule has 1 aliphatic rings. The molecule has 122 valence electrons. The number of para-hydroxylation sites is 1. The number of amides is 1.